The SMILES string of the molecule is COc1ccc(C2=NC(COc3cc4ncnc(Nc5ccc(Cl)c(Cl)c5)c4cc3OC)NO2)cc1. The minimum absolute atomic E-state index is 0.209. The predicted molar refractivity (Wildman–Crippen MR) is 139 cm³/mol. The Balaban J connectivity index is 1.33. The van der Waals surface area contributed by atoms with E-state index in [0.29, 0.717) is 38.8 Å². The van der Waals surface area contributed by atoms with E-state index in [-0.39, 0.29) is 6.61 Å². The molecule has 36 heavy (non-hydrogen) atoms. The van der Waals surface area contributed by atoms with E-state index in [2.05, 4.69) is 25.8 Å². The van der Waals surface area contributed by atoms with E-state index in [0.717, 1.165) is 22.4 Å². The molecule has 0 radical (unpaired) electrons. The number of aromatic nitrogens is 2. The molecule has 0 saturated heterocycles. The number of hydroxylamine groups is 1. The molecule has 5 rings (SSSR count). The van der Waals surface area contributed by atoms with Crippen molar-refractivity contribution in [1.82, 2.24) is 15.4 Å². The molecule has 2 N–H and O–H groups in total. The Bertz CT molecular complexity index is 1430. The number of methoxy groups -OCH3 is 2. The topological polar surface area (TPSA) is 99.1 Å². The largest absolute Gasteiger partial charge is 0.497 e. The summed E-state index contributed by atoms with van der Waals surface area (Å²) in [5.74, 6) is 2.85. The second kappa shape index (κ2) is 10.4. The molecule has 0 spiro atoms. The fourth-order valence-electron chi connectivity index (χ4n) is 3.57. The predicted octanol–water partition coefficient (Wildman–Crippen LogP) is 5.38. The fourth-order valence-corrected chi connectivity index (χ4v) is 3.87. The van der Waals surface area contributed by atoms with Crippen LogP contribution in [0.4, 0.5) is 11.5 Å². The number of benzene rings is 3. The van der Waals surface area contributed by atoms with E-state index >= 15 is 0 Å². The summed E-state index contributed by atoms with van der Waals surface area (Å²) in [5, 5.41) is 4.91. The third kappa shape index (κ3) is 5.08. The zero-order chi connectivity index (χ0) is 25.1. The van der Waals surface area contributed by atoms with Gasteiger partial charge >= 0.3 is 0 Å². The van der Waals surface area contributed by atoms with Crippen molar-refractivity contribution >= 4 is 51.5 Å². The molecule has 0 fully saturated rings. The number of fused-ring (bicyclic) bond motifs is 1. The Kier molecular flexibility index (Phi) is 6.95. The number of hydrogen-bond acceptors (Lipinski definition) is 9. The van der Waals surface area contributed by atoms with E-state index in [4.69, 9.17) is 42.3 Å². The molecule has 3 aromatic carbocycles. The Morgan fingerprint density at radius 2 is 1.78 bits per heavy atom. The van der Waals surface area contributed by atoms with Crippen LogP contribution in [0.2, 0.25) is 10.0 Å². The first kappa shape index (κ1) is 23.9. The normalized spacial score (nSPS) is 14.8. The van der Waals surface area contributed by atoms with Crippen molar-refractivity contribution in [3.05, 3.63) is 76.5 Å². The van der Waals surface area contributed by atoms with E-state index in [1.165, 1.54) is 6.33 Å². The van der Waals surface area contributed by atoms with E-state index in [1.54, 1.807) is 32.4 Å². The summed E-state index contributed by atoms with van der Waals surface area (Å²) in [6.45, 7) is 0.209. The minimum Gasteiger partial charge on any atom is -0.497 e. The molecule has 9 nitrogen and oxygen atoms in total. The highest BCUT2D eigenvalue weighted by atomic mass is 35.5. The van der Waals surface area contributed by atoms with Crippen LogP contribution in [0.5, 0.6) is 17.2 Å². The Hall–Kier alpha value is -3.79. The van der Waals surface area contributed by atoms with Gasteiger partial charge in [-0.2, -0.15) is 0 Å². The smallest absolute Gasteiger partial charge is 0.242 e. The Morgan fingerprint density at radius 3 is 2.53 bits per heavy atom. The zero-order valence-electron chi connectivity index (χ0n) is 19.3. The highest BCUT2D eigenvalue weighted by Gasteiger charge is 2.22. The molecule has 1 unspecified atom stereocenters. The highest BCUT2D eigenvalue weighted by Crippen LogP contribution is 2.35. The summed E-state index contributed by atoms with van der Waals surface area (Å²) in [4.78, 5) is 18.8. The van der Waals surface area contributed by atoms with Crippen molar-refractivity contribution in [2.45, 2.75) is 6.17 Å². The highest BCUT2D eigenvalue weighted by molar-refractivity contribution is 6.42. The third-order valence-electron chi connectivity index (χ3n) is 5.40. The van der Waals surface area contributed by atoms with Gasteiger partial charge in [-0.3, -0.25) is 0 Å². The molecule has 0 bridgehead atoms. The Labute approximate surface area is 216 Å². The average molecular weight is 526 g/mol. The molecule has 11 heteroatoms. The van der Waals surface area contributed by atoms with Gasteiger partial charge in [0.25, 0.3) is 0 Å². The summed E-state index contributed by atoms with van der Waals surface area (Å²) in [7, 11) is 3.19. The molecule has 1 aliphatic heterocycles. The van der Waals surface area contributed by atoms with Crippen LogP contribution in [0.1, 0.15) is 5.56 Å². The molecule has 1 aromatic heterocycles. The number of anilines is 2. The number of aliphatic imine (C=N–C) groups is 1. The zero-order valence-corrected chi connectivity index (χ0v) is 20.8. The van der Waals surface area contributed by atoms with Crippen LogP contribution in [0.25, 0.3) is 10.9 Å². The lowest BCUT2D eigenvalue weighted by atomic mass is 10.2. The van der Waals surface area contributed by atoms with Crippen LogP contribution in [-0.4, -0.2) is 42.9 Å². The van der Waals surface area contributed by atoms with Crippen molar-refractivity contribution in [3.63, 3.8) is 0 Å². The van der Waals surface area contributed by atoms with Gasteiger partial charge in [0.15, 0.2) is 17.7 Å². The molecule has 0 saturated carbocycles. The molecular weight excluding hydrogens is 505 g/mol. The number of halogens is 2. The Morgan fingerprint density at radius 1 is 0.944 bits per heavy atom. The summed E-state index contributed by atoms with van der Waals surface area (Å²) < 4.78 is 16.8. The lowest BCUT2D eigenvalue weighted by molar-refractivity contribution is 0.144. The van der Waals surface area contributed by atoms with Gasteiger partial charge in [-0.05, 0) is 48.5 Å². The maximum atomic E-state index is 6.14. The number of rotatable bonds is 8. The van der Waals surface area contributed by atoms with Crippen LogP contribution >= 0.6 is 23.2 Å². The molecule has 4 aromatic rings. The lowest BCUT2D eigenvalue weighted by Gasteiger charge is -2.15. The number of nitrogens with one attached hydrogen (secondary N) is 2. The quantitative estimate of drug-likeness (QED) is 0.316. The van der Waals surface area contributed by atoms with Gasteiger partial charge in [0.05, 0.1) is 29.8 Å². The number of nitrogens with zero attached hydrogens (tertiary/aromatic N) is 3. The first-order valence-corrected chi connectivity index (χ1v) is 11.6. The monoisotopic (exact) mass is 525 g/mol. The van der Waals surface area contributed by atoms with Crippen molar-refractivity contribution in [2.24, 2.45) is 4.99 Å². The van der Waals surface area contributed by atoms with Gasteiger partial charge in [-0.15, -0.1) is 5.48 Å². The van der Waals surface area contributed by atoms with E-state index in [9.17, 15) is 0 Å². The standard InChI is InChI=1S/C25H21Cl2N5O4/c1-33-16-6-3-14(4-7-16)25-31-23(32-36-25)12-35-22-11-20-17(10-21(22)34-2)24(29-13-28-20)30-15-5-8-18(26)19(27)9-15/h3-11,13,23,32H,12H2,1-2H3,(H,28,29,30). The third-order valence-corrected chi connectivity index (χ3v) is 6.14. The van der Waals surface area contributed by atoms with Crippen LogP contribution in [0.3, 0.4) is 0 Å². The van der Waals surface area contributed by atoms with E-state index < -0.39 is 6.17 Å². The van der Waals surface area contributed by atoms with Crippen molar-refractivity contribution in [3.8, 4) is 17.2 Å². The van der Waals surface area contributed by atoms with E-state index in [1.807, 2.05) is 36.4 Å². The first-order valence-electron chi connectivity index (χ1n) is 10.9. The summed E-state index contributed by atoms with van der Waals surface area (Å²) in [5.41, 5.74) is 5.10. The minimum atomic E-state index is -0.403. The fraction of sp³-hybridized carbons (Fsp3) is 0.160. The van der Waals surface area contributed by atoms with Crippen molar-refractivity contribution < 1.29 is 19.0 Å². The second-order valence-electron chi connectivity index (χ2n) is 7.71. The van der Waals surface area contributed by atoms with Gasteiger partial charge in [-0.25, -0.2) is 15.0 Å². The molecule has 2 heterocycles. The van der Waals surface area contributed by atoms with Crippen LogP contribution in [0.15, 0.2) is 65.9 Å². The maximum absolute atomic E-state index is 6.14. The van der Waals surface area contributed by atoms with Gasteiger partial charge < -0.3 is 24.4 Å². The number of ether oxygens (including phenoxy) is 3. The summed E-state index contributed by atoms with van der Waals surface area (Å²) in [6, 6.07) is 16.3. The number of hydrogen-bond donors (Lipinski definition) is 2. The molecular formula is C25H21Cl2N5O4. The molecule has 1 atom stereocenters. The van der Waals surface area contributed by atoms with Crippen molar-refractivity contribution in [1.29, 1.82) is 0 Å². The van der Waals surface area contributed by atoms with Crippen LogP contribution < -0.4 is 25.0 Å². The maximum Gasteiger partial charge on any atom is 0.242 e. The van der Waals surface area contributed by atoms with Gasteiger partial charge in [0.2, 0.25) is 5.90 Å². The second-order valence-corrected chi connectivity index (χ2v) is 8.52. The summed E-state index contributed by atoms with van der Waals surface area (Å²) in [6.07, 6.45) is 1.07. The van der Waals surface area contributed by atoms with Gasteiger partial charge in [0, 0.05) is 22.7 Å². The van der Waals surface area contributed by atoms with Gasteiger partial charge in [0.1, 0.15) is 24.5 Å². The summed E-state index contributed by atoms with van der Waals surface area (Å²) >= 11 is 12.2. The molecule has 0 amide bonds. The molecule has 1 aliphatic rings. The molecule has 184 valence electrons. The first-order chi connectivity index (χ1) is 17.5. The van der Waals surface area contributed by atoms with Crippen molar-refractivity contribution in [2.75, 3.05) is 26.1 Å². The molecule has 0 aliphatic carbocycles. The van der Waals surface area contributed by atoms with Gasteiger partial charge in [-0.1, -0.05) is 23.2 Å². The van der Waals surface area contributed by atoms with Crippen LogP contribution in [-0.2, 0) is 4.84 Å². The van der Waals surface area contributed by atoms with Crippen LogP contribution in [0, 0.1) is 0 Å². The average Bonchev–Trinajstić information content (AvgIpc) is 3.38. The lowest BCUT2D eigenvalue weighted by Crippen LogP contribution is -2.28.